The van der Waals surface area contributed by atoms with Gasteiger partial charge < -0.3 is 10.5 Å². The highest BCUT2D eigenvalue weighted by molar-refractivity contribution is 6.29. The van der Waals surface area contributed by atoms with Crippen molar-refractivity contribution in [3.8, 4) is 0 Å². The van der Waals surface area contributed by atoms with E-state index >= 15 is 0 Å². The van der Waals surface area contributed by atoms with Crippen molar-refractivity contribution in [1.82, 2.24) is 9.97 Å². The summed E-state index contributed by atoms with van der Waals surface area (Å²) in [6.45, 7) is 2.18. The van der Waals surface area contributed by atoms with E-state index in [1.54, 1.807) is 20.1 Å². The van der Waals surface area contributed by atoms with E-state index in [2.05, 4.69) is 15.3 Å². The standard InChI is InChI=1S/C10H15ClN4O2/c1-6-5-8(11)14-10(13-6)15-9(16)7(12)3-4-17-2/h5,7H,3-4,12H2,1-2H3,(H,13,14,15,16). The number of rotatable bonds is 5. The molecule has 6 nitrogen and oxygen atoms in total. The highest BCUT2D eigenvalue weighted by atomic mass is 35.5. The number of aromatic nitrogens is 2. The van der Waals surface area contributed by atoms with Crippen molar-refractivity contribution < 1.29 is 9.53 Å². The molecule has 3 N–H and O–H groups in total. The lowest BCUT2D eigenvalue weighted by atomic mass is 10.2. The Labute approximate surface area is 105 Å². The van der Waals surface area contributed by atoms with Gasteiger partial charge in [-0.05, 0) is 19.4 Å². The van der Waals surface area contributed by atoms with Crippen LogP contribution < -0.4 is 11.1 Å². The van der Waals surface area contributed by atoms with Gasteiger partial charge in [0.05, 0.1) is 6.04 Å². The Morgan fingerprint density at radius 1 is 1.65 bits per heavy atom. The fourth-order valence-electron chi connectivity index (χ4n) is 1.16. The average molecular weight is 259 g/mol. The SMILES string of the molecule is COCCC(N)C(=O)Nc1nc(C)cc(Cl)n1. The van der Waals surface area contributed by atoms with E-state index in [4.69, 9.17) is 22.1 Å². The summed E-state index contributed by atoms with van der Waals surface area (Å²) in [5, 5.41) is 2.78. The maximum atomic E-state index is 11.6. The Balaban J connectivity index is 2.61. The molecule has 0 saturated carbocycles. The maximum Gasteiger partial charge on any atom is 0.243 e. The molecule has 0 saturated heterocycles. The second-order valence-electron chi connectivity index (χ2n) is 3.53. The molecule has 1 rings (SSSR count). The molecule has 0 aromatic carbocycles. The fourth-order valence-corrected chi connectivity index (χ4v) is 1.40. The molecule has 7 heteroatoms. The maximum absolute atomic E-state index is 11.6. The zero-order valence-corrected chi connectivity index (χ0v) is 10.5. The molecule has 1 aromatic rings. The number of nitrogens with two attached hydrogens (primary N) is 1. The van der Waals surface area contributed by atoms with E-state index < -0.39 is 6.04 Å². The van der Waals surface area contributed by atoms with Gasteiger partial charge in [-0.3, -0.25) is 10.1 Å². The molecule has 0 fully saturated rings. The van der Waals surface area contributed by atoms with Crippen molar-refractivity contribution in [3.63, 3.8) is 0 Å². The third-order valence-corrected chi connectivity index (χ3v) is 2.22. The summed E-state index contributed by atoms with van der Waals surface area (Å²) in [6, 6.07) is 0.944. The monoisotopic (exact) mass is 258 g/mol. The van der Waals surface area contributed by atoms with Crippen molar-refractivity contribution in [2.75, 3.05) is 19.0 Å². The van der Waals surface area contributed by atoms with Crippen molar-refractivity contribution >= 4 is 23.5 Å². The molecular weight excluding hydrogens is 244 g/mol. The van der Waals surface area contributed by atoms with Crippen LogP contribution in [0.1, 0.15) is 12.1 Å². The molecule has 0 bridgehead atoms. The number of carbonyl (C=O) groups is 1. The molecule has 0 radical (unpaired) electrons. The van der Waals surface area contributed by atoms with E-state index in [0.29, 0.717) is 18.7 Å². The molecule has 1 heterocycles. The van der Waals surface area contributed by atoms with Crippen LogP contribution in [0.3, 0.4) is 0 Å². The van der Waals surface area contributed by atoms with Crippen LogP contribution >= 0.6 is 11.6 Å². The minimum atomic E-state index is -0.655. The topological polar surface area (TPSA) is 90.1 Å². The molecule has 94 valence electrons. The second kappa shape index (κ2) is 6.48. The summed E-state index contributed by atoms with van der Waals surface area (Å²) >= 11 is 5.74. The number of methoxy groups -OCH3 is 1. The van der Waals surface area contributed by atoms with Crippen LogP contribution in [0.5, 0.6) is 0 Å². The van der Waals surface area contributed by atoms with E-state index in [1.165, 1.54) is 0 Å². The van der Waals surface area contributed by atoms with Crippen molar-refractivity contribution in [2.24, 2.45) is 5.73 Å². The smallest absolute Gasteiger partial charge is 0.243 e. The first-order valence-electron chi connectivity index (χ1n) is 5.09. The second-order valence-corrected chi connectivity index (χ2v) is 3.92. The summed E-state index contributed by atoms with van der Waals surface area (Å²) in [5.41, 5.74) is 6.32. The van der Waals surface area contributed by atoms with Gasteiger partial charge in [0.25, 0.3) is 0 Å². The van der Waals surface area contributed by atoms with E-state index in [-0.39, 0.29) is 17.0 Å². The molecule has 0 spiro atoms. The highest BCUT2D eigenvalue weighted by Gasteiger charge is 2.14. The molecule has 1 atom stereocenters. The largest absolute Gasteiger partial charge is 0.385 e. The predicted octanol–water partition coefficient (Wildman–Crippen LogP) is 0.741. The molecular formula is C10H15ClN4O2. The number of aryl methyl sites for hydroxylation is 1. The van der Waals surface area contributed by atoms with Gasteiger partial charge in [-0.1, -0.05) is 11.6 Å². The summed E-state index contributed by atoms with van der Waals surface area (Å²) in [4.78, 5) is 19.5. The first-order chi connectivity index (χ1) is 8.02. The lowest BCUT2D eigenvalue weighted by Gasteiger charge is -2.10. The zero-order valence-electron chi connectivity index (χ0n) is 9.74. The Hall–Kier alpha value is -1.24. The van der Waals surface area contributed by atoms with Crippen molar-refractivity contribution in [1.29, 1.82) is 0 Å². The summed E-state index contributed by atoms with van der Waals surface area (Å²) in [5.74, 6) is -0.198. The van der Waals surface area contributed by atoms with Crippen LogP contribution in [-0.2, 0) is 9.53 Å². The fraction of sp³-hybridized carbons (Fsp3) is 0.500. The first kappa shape index (κ1) is 13.8. The number of amides is 1. The van der Waals surface area contributed by atoms with Crippen LogP contribution in [0.25, 0.3) is 0 Å². The Morgan fingerprint density at radius 3 is 2.94 bits per heavy atom. The molecule has 1 unspecified atom stereocenters. The van der Waals surface area contributed by atoms with E-state index in [1.807, 2.05) is 0 Å². The quantitative estimate of drug-likeness (QED) is 0.761. The zero-order chi connectivity index (χ0) is 12.8. The lowest BCUT2D eigenvalue weighted by Crippen LogP contribution is -2.37. The highest BCUT2D eigenvalue weighted by Crippen LogP contribution is 2.09. The van der Waals surface area contributed by atoms with E-state index in [0.717, 1.165) is 0 Å². The third-order valence-electron chi connectivity index (χ3n) is 2.03. The number of halogens is 1. The van der Waals surface area contributed by atoms with Gasteiger partial charge in [-0.25, -0.2) is 9.97 Å². The molecule has 0 aliphatic carbocycles. The number of carbonyl (C=O) groups excluding carboxylic acids is 1. The van der Waals surface area contributed by atoms with Crippen LogP contribution in [0, 0.1) is 6.92 Å². The van der Waals surface area contributed by atoms with Crippen LogP contribution in [0.4, 0.5) is 5.95 Å². The Bertz CT molecular complexity index is 380. The minimum Gasteiger partial charge on any atom is -0.385 e. The van der Waals surface area contributed by atoms with Gasteiger partial charge >= 0.3 is 0 Å². The number of hydrogen-bond acceptors (Lipinski definition) is 5. The molecule has 1 aromatic heterocycles. The van der Waals surface area contributed by atoms with Gasteiger partial charge in [-0.15, -0.1) is 0 Å². The minimum absolute atomic E-state index is 0.160. The molecule has 1 amide bonds. The Morgan fingerprint density at radius 2 is 2.35 bits per heavy atom. The third kappa shape index (κ3) is 4.64. The van der Waals surface area contributed by atoms with Gasteiger partial charge in [0.1, 0.15) is 5.15 Å². The van der Waals surface area contributed by atoms with Crippen LogP contribution in [0.2, 0.25) is 5.15 Å². The predicted molar refractivity (Wildman–Crippen MR) is 64.9 cm³/mol. The molecule has 0 aliphatic heterocycles. The van der Waals surface area contributed by atoms with Crippen LogP contribution in [-0.4, -0.2) is 35.6 Å². The molecule has 0 aliphatic rings. The lowest BCUT2D eigenvalue weighted by molar-refractivity contribution is -0.117. The number of ether oxygens (including phenoxy) is 1. The number of nitrogens with zero attached hydrogens (tertiary/aromatic N) is 2. The molecule has 17 heavy (non-hydrogen) atoms. The average Bonchev–Trinajstić information content (AvgIpc) is 2.24. The number of anilines is 1. The van der Waals surface area contributed by atoms with Gasteiger partial charge in [0.2, 0.25) is 11.9 Å². The van der Waals surface area contributed by atoms with Crippen molar-refractivity contribution in [3.05, 3.63) is 16.9 Å². The first-order valence-corrected chi connectivity index (χ1v) is 5.47. The van der Waals surface area contributed by atoms with Gasteiger partial charge in [0, 0.05) is 19.4 Å². The summed E-state index contributed by atoms with van der Waals surface area (Å²) in [6.07, 6.45) is 0.432. The normalized spacial score (nSPS) is 12.2. The van der Waals surface area contributed by atoms with Crippen molar-refractivity contribution in [2.45, 2.75) is 19.4 Å². The number of hydrogen-bond donors (Lipinski definition) is 2. The van der Waals surface area contributed by atoms with Gasteiger partial charge in [0.15, 0.2) is 0 Å². The van der Waals surface area contributed by atoms with Gasteiger partial charge in [-0.2, -0.15) is 0 Å². The summed E-state index contributed by atoms with van der Waals surface area (Å²) in [7, 11) is 1.55. The summed E-state index contributed by atoms with van der Waals surface area (Å²) < 4.78 is 4.84. The number of nitrogens with one attached hydrogen (secondary N) is 1. The Kier molecular flexibility index (Phi) is 5.27. The van der Waals surface area contributed by atoms with E-state index in [9.17, 15) is 4.79 Å². The van der Waals surface area contributed by atoms with Crippen LogP contribution in [0.15, 0.2) is 6.07 Å².